The third kappa shape index (κ3) is 3.07. The summed E-state index contributed by atoms with van der Waals surface area (Å²) in [6.45, 7) is 0. The van der Waals surface area contributed by atoms with Crippen molar-refractivity contribution in [3.05, 3.63) is 53.3 Å². The van der Waals surface area contributed by atoms with Gasteiger partial charge in [-0.05, 0) is 18.2 Å². The average Bonchev–Trinajstić information content (AvgIpc) is 3.34. The van der Waals surface area contributed by atoms with Gasteiger partial charge in [-0.3, -0.25) is 9.59 Å². The molecule has 4 N–H and O–H groups in total. The number of anilines is 1. The molecule has 2 amide bonds. The fourth-order valence-electron chi connectivity index (χ4n) is 2.53. The Morgan fingerprint density at radius 3 is 2.96 bits per heavy atom. The highest BCUT2D eigenvalue weighted by Crippen LogP contribution is 2.26. The van der Waals surface area contributed by atoms with Crippen LogP contribution in [0, 0.1) is 0 Å². The number of fused-ring (bicyclic) bond motifs is 1. The van der Waals surface area contributed by atoms with E-state index in [4.69, 9.17) is 10.3 Å². The van der Waals surface area contributed by atoms with Gasteiger partial charge in [0.15, 0.2) is 10.7 Å². The third-order valence-electron chi connectivity index (χ3n) is 3.77. The molecule has 0 saturated heterocycles. The molecule has 0 bridgehead atoms. The molecule has 0 fully saturated rings. The normalized spacial score (nSPS) is 10.9. The van der Waals surface area contributed by atoms with Gasteiger partial charge in [-0.25, -0.2) is 4.98 Å². The maximum absolute atomic E-state index is 12.3. The topological polar surface area (TPSA) is 127 Å². The minimum Gasteiger partial charge on any atom is -0.364 e. The number of nitrogens with zero attached hydrogens (tertiary/aromatic N) is 2. The smallest absolute Gasteiger partial charge is 0.265 e. The Labute approximate surface area is 151 Å². The summed E-state index contributed by atoms with van der Waals surface area (Å²) in [5.41, 5.74) is 8.10. The molecule has 0 aliphatic carbocycles. The fraction of sp³-hybridized carbons (Fsp3) is 0.0588. The highest BCUT2D eigenvalue weighted by atomic mass is 32.1. The zero-order chi connectivity index (χ0) is 18.1. The number of rotatable bonds is 5. The standard InChI is InChI=1S/C17H13N5O3S/c18-16(24)12-5-9(7-19-12)13-8-26-17(20-13)21-15(23)6-11-10-3-1-2-4-14(10)25-22-11/h1-5,7-8,19H,6H2,(H2,18,24)(H,20,21,23). The molecule has 0 saturated carbocycles. The zero-order valence-electron chi connectivity index (χ0n) is 13.4. The highest BCUT2D eigenvalue weighted by molar-refractivity contribution is 7.14. The van der Waals surface area contributed by atoms with E-state index in [0.29, 0.717) is 27.8 Å². The molecule has 0 aliphatic heterocycles. The first-order valence-electron chi connectivity index (χ1n) is 7.67. The van der Waals surface area contributed by atoms with Gasteiger partial charge in [0.25, 0.3) is 5.91 Å². The van der Waals surface area contributed by atoms with Crippen molar-refractivity contribution in [2.75, 3.05) is 5.32 Å². The summed E-state index contributed by atoms with van der Waals surface area (Å²) in [7, 11) is 0. The lowest BCUT2D eigenvalue weighted by atomic mass is 10.2. The van der Waals surface area contributed by atoms with Crippen molar-refractivity contribution < 1.29 is 14.1 Å². The number of hydrogen-bond donors (Lipinski definition) is 3. The fourth-order valence-corrected chi connectivity index (χ4v) is 3.27. The van der Waals surface area contributed by atoms with E-state index < -0.39 is 5.91 Å². The van der Waals surface area contributed by atoms with Crippen molar-refractivity contribution in [2.24, 2.45) is 5.73 Å². The summed E-state index contributed by atoms with van der Waals surface area (Å²) < 4.78 is 5.20. The van der Waals surface area contributed by atoms with Crippen LogP contribution in [-0.4, -0.2) is 26.9 Å². The van der Waals surface area contributed by atoms with Crippen LogP contribution < -0.4 is 11.1 Å². The molecule has 1 aromatic carbocycles. The molecule has 4 aromatic rings. The van der Waals surface area contributed by atoms with Gasteiger partial charge in [-0.2, -0.15) is 0 Å². The van der Waals surface area contributed by atoms with Crippen LogP contribution in [0.5, 0.6) is 0 Å². The van der Waals surface area contributed by atoms with E-state index in [9.17, 15) is 9.59 Å². The van der Waals surface area contributed by atoms with Crippen LogP contribution >= 0.6 is 11.3 Å². The summed E-state index contributed by atoms with van der Waals surface area (Å²) in [5.74, 6) is -0.781. The largest absolute Gasteiger partial charge is 0.364 e. The number of aromatic nitrogens is 3. The number of H-pyrrole nitrogens is 1. The van der Waals surface area contributed by atoms with Crippen molar-refractivity contribution in [2.45, 2.75) is 6.42 Å². The first-order chi connectivity index (χ1) is 12.6. The van der Waals surface area contributed by atoms with Gasteiger partial charge in [0.1, 0.15) is 11.4 Å². The Kier molecular flexibility index (Phi) is 3.98. The molecule has 0 spiro atoms. The van der Waals surface area contributed by atoms with Crippen molar-refractivity contribution >= 4 is 39.3 Å². The number of aromatic amines is 1. The Hall–Kier alpha value is -3.46. The molecule has 130 valence electrons. The maximum Gasteiger partial charge on any atom is 0.265 e. The number of nitrogens with two attached hydrogens (primary N) is 1. The van der Waals surface area contributed by atoms with Crippen molar-refractivity contribution in [3.8, 4) is 11.3 Å². The zero-order valence-corrected chi connectivity index (χ0v) is 14.2. The van der Waals surface area contributed by atoms with Crippen LogP contribution in [0.2, 0.25) is 0 Å². The highest BCUT2D eigenvalue weighted by Gasteiger charge is 2.14. The SMILES string of the molecule is NC(=O)c1cc(-c2csc(NC(=O)Cc3noc4ccccc34)n2)c[nH]1. The van der Waals surface area contributed by atoms with E-state index in [1.165, 1.54) is 11.3 Å². The van der Waals surface area contributed by atoms with Crippen molar-refractivity contribution in [3.63, 3.8) is 0 Å². The minimum absolute atomic E-state index is 0.0852. The predicted octanol–water partition coefficient (Wildman–Crippen LogP) is 2.56. The number of carbonyl (C=O) groups excluding carboxylic acids is 2. The molecule has 0 radical (unpaired) electrons. The van der Waals surface area contributed by atoms with Gasteiger partial charge in [-0.1, -0.05) is 17.3 Å². The summed E-state index contributed by atoms with van der Waals surface area (Å²) in [5, 5.41) is 9.76. The number of thiazole rings is 1. The molecule has 3 aromatic heterocycles. The van der Waals surface area contributed by atoms with Crippen LogP contribution in [0.3, 0.4) is 0 Å². The number of primary amides is 1. The Morgan fingerprint density at radius 1 is 1.31 bits per heavy atom. The average molecular weight is 367 g/mol. The van der Waals surface area contributed by atoms with Gasteiger partial charge in [0, 0.05) is 22.5 Å². The molecule has 0 unspecified atom stereocenters. The Morgan fingerprint density at radius 2 is 2.15 bits per heavy atom. The molecule has 4 rings (SSSR count). The van der Waals surface area contributed by atoms with Gasteiger partial charge in [-0.15, -0.1) is 11.3 Å². The van der Waals surface area contributed by atoms with E-state index in [0.717, 1.165) is 10.9 Å². The van der Waals surface area contributed by atoms with Crippen LogP contribution in [0.25, 0.3) is 22.2 Å². The summed E-state index contributed by atoms with van der Waals surface area (Å²) >= 11 is 1.29. The minimum atomic E-state index is -0.542. The van der Waals surface area contributed by atoms with Crippen LogP contribution in [-0.2, 0) is 11.2 Å². The van der Waals surface area contributed by atoms with Crippen molar-refractivity contribution in [1.82, 2.24) is 15.1 Å². The second-order valence-electron chi connectivity index (χ2n) is 5.55. The van der Waals surface area contributed by atoms with Gasteiger partial charge in [0.2, 0.25) is 5.91 Å². The van der Waals surface area contributed by atoms with Gasteiger partial charge in [0.05, 0.1) is 12.1 Å². The van der Waals surface area contributed by atoms with Gasteiger partial charge >= 0.3 is 0 Å². The lowest BCUT2D eigenvalue weighted by molar-refractivity contribution is -0.115. The molecule has 0 atom stereocenters. The maximum atomic E-state index is 12.3. The van der Waals surface area contributed by atoms with Gasteiger partial charge < -0.3 is 20.6 Å². The second kappa shape index (κ2) is 6.45. The molecule has 26 heavy (non-hydrogen) atoms. The number of benzene rings is 1. The van der Waals surface area contributed by atoms with Crippen LogP contribution in [0.1, 0.15) is 16.2 Å². The first-order valence-corrected chi connectivity index (χ1v) is 8.55. The second-order valence-corrected chi connectivity index (χ2v) is 6.41. The quantitative estimate of drug-likeness (QED) is 0.499. The summed E-state index contributed by atoms with van der Waals surface area (Å²) in [6, 6.07) is 8.99. The van der Waals surface area contributed by atoms with Crippen LogP contribution in [0.4, 0.5) is 5.13 Å². The van der Waals surface area contributed by atoms with Crippen LogP contribution in [0.15, 0.2) is 46.4 Å². The molecule has 3 heterocycles. The monoisotopic (exact) mass is 367 g/mol. The number of nitrogens with one attached hydrogen (secondary N) is 2. The predicted molar refractivity (Wildman–Crippen MR) is 96.8 cm³/mol. The summed E-state index contributed by atoms with van der Waals surface area (Å²) in [4.78, 5) is 30.6. The lowest BCUT2D eigenvalue weighted by Gasteiger charge is -1.99. The van der Waals surface area contributed by atoms with E-state index >= 15 is 0 Å². The number of hydrogen-bond acceptors (Lipinski definition) is 6. The Bertz CT molecular complexity index is 1110. The van der Waals surface area contributed by atoms with E-state index in [1.807, 2.05) is 18.2 Å². The van der Waals surface area contributed by atoms with Crippen molar-refractivity contribution in [1.29, 1.82) is 0 Å². The lowest BCUT2D eigenvalue weighted by Crippen LogP contribution is -2.14. The third-order valence-corrected chi connectivity index (χ3v) is 4.53. The molecule has 0 aliphatic rings. The number of amides is 2. The number of carbonyl (C=O) groups is 2. The van der Waals surface area contributed by atoms with E-state index in [2.05, 4.69) is 20.4 Å². The Balaban J connectivity index is 1.46. The molecular weight excluding hydrogens is 354 g/mol. The molecular formula is C17H13N5O3S. The van der Waals surface area contributed by atoms with E-state index in [-0.39, 0.29) is 12.3 Å². The molecule has 9 heteroatoms. The molecule has 8 nitrogen and oxygen atoms in total. The summed E-state index contributed by atoms with van der Waals surface area (Å²) in [6.07, 6.45) is 1.73. The number of para-hydroxylation sites is 1. The van der Waals surface area contributed by atoms with E-state index in [1.54, 1.807) is 23.7 Å². The first kappa shape index (κ1) is 16.0.